The summed E-state index contributed by atoms with van der Waals surface area (Å²) in [5.74, 6) is 0.527. The maximum atomic E-state index is 3.74. The van der Waals surface area contributed by atoms with Crippen molar-refractivity contribution >= 4 is 26.8 Å². The molecule has 0 saturated carbocycles. The zero-order valence-electron chi connectivity index (χ0n) is 9.96. The van der Waals surface area contributed by atoms with Crippen LogP contribution in [0.1, 0.15) is 31.4 Å². The molecule has 0 spiro atoms. The van der Waals surface area contributed by atoms with Crippen LogP contribution in [0.3, 0.4) is 0 Å². The Morgan fingerprint density at radius 1 is 1.35 bits per heavy atom. The van der Waals surface area contributed by atoms with E-state index in [0.717, 1.165) is 6.54 Å². The van der Waals surface area contributed by atoms with Crippen molar-refractivity contribution in [2.45, 2.75) is 31.7 Å². The van der Waals surface area contributed by atoms with Crippen molar-refractivity contribution < 1.29 is 0 Å². The lowest BCUT2D eigenvalue weighted by Gasteiger charge is -2.18. The maximum Gasteiger partial charge on any atom is 0.0467 e. The minimum atomic E-state index is 0.527. The summed E-state index contributed by atoms with van der Waals surface area (Å²) in [5, 5.41) is 4.87. The molecule has 1 aliphatic rings. The number of hydrogen-bond acceptors (Lipinski definition) is 1. The van der Waals surface area contributed by atoms with Crippen LogP contribution < -0.4 is 5.32 Å². The number of fused-ring (bicyclic) bond motifs is 1. The summed E-state index contributed by atoms with van der Waals surface area (Å²) in [6, 6.07) is 9.07. The van der Waals surface area contributed by atoms with Crippen LogP contribution in [0.25, 0.3) is 10.9 Å². The van der Waals surface area contributed by atoms with Gasteiger partial charge in [-0.2, -0.15) is 0 Å². The quantitative estimate of drug-likeness (QED) is 0.866. The third-order valence-electron chi connectivity index (χ3n) is 3.83. The number of benzene rings is 1. The minimum absolute atomic E-state index is 0.527. The fourth-order valence-corrected chi connectivity index (χ4v) is 3.59. The molecule has 90 valence electrons. The van der Waals surface area contributed by atoms with Crippen molar-refractivity contribution in [1.82, 2.24) is 10.3 Å². The normalized spacial score (nSPS) is 22.1. The van der Waals surface area contributed by atoms with E-state index in [1.165, 1.54) is 33.9 Å². The number of aromatic nitrogens is 1. The molecule has 1 aliphatic heterocycles. The Labute approximate surface area is 110 Å². The molecule has 2 aromatic rings. The van der Waals surface area contributed by atoms with Gasteiger partial charge >= 0.3 is 0 Å². The average Bonchev–Trinajstić information content (AvgIpc) is 2.97. The highest BCUT2D eigenvalue weighted by Crippen LogP contribution is 2.35. The van der Waals surface area contributed by atoms with Gasteiger partial charge in [-0.25, -0.2) is 0 Å². The van der Waals surface area contributed by atoms with E-state index in [1.54, 1.807) is 0 Å². The molecule has 1 aromatic heterocycles. The molecule has 2 N–H and O–H groups in total. The molecule has 1 fully saturated rings. The Bertz CT molecular complexity index is 526. The van der Waals surface area contributed by atoms with Gasteiger partial charge < -0.3 is 10.3 Å². The molecule has 3 heteroatoms. The van der Waals surface area contributed by atoms with Crippen molar-refractivity contribution in [1.29, 1.82) is 0 Å². The minimum Gasteiger partial charge on any atom is -0.357 e. The van der Waals surface area contributed by atoms with Gasteiger partial charge in [0.1, 0.15) is 0 Å². The van der Waals surface area contributed by atoms with Gasteiger partial charge in [0.05, 0.1) is 0 Å². The molecule has 3 rings (SSSR count). The Kier molecular flexibility index (Phi) is 2.97. The van der Waals surface area contributed by atoms with Crippen molar-refractivity contribution in [2.75, 3.05) is 6.54 Å². The van der Waals surface area contributed by atoms with Crippen LogP contribution in [0.5, 0.6) is 0 Å². The summed E-state index contributed by atoms with van der Waals surface area (Å²) in [7, 11) is 0. The molecule has 0 bridgehead atoms. The van der Waals surface area contributed by atoms with Crippen LogP contribution in [0, 0.1) is 0 Å². The average molecular weight is 293 g/mol. The lowest BCUT2D eigenvalue weighted by molar-refractivity contribution is 0.509. The summed E-state index contributed by atoms with van der Waals surface area (Å²) >= 11 is 3.74. The summed E-state index contributed by atoms with van der Waals surface area (Å²) in [4.78, 5) is 3.55. The zero-order chi connectivity index (χ0) is 11.8. The van der Waals surface area contributed by atoms with Gasteiger partial charge in [0.15, 0.2) is 0 Å². The Hall–Kier alpha value is -0.800. The van der Waals surface area contributed by atoms with E-state index in [4.69, 9.17) is 0 Å². The second kappa shape index (κ2) is 4.46. The van der Waals surface area contributed by atoms with Crippen LogP contribution in [-0.2, 0) is 0 Å². The van der Waals surface area contributed by atoms with E-state index in [-0.39, 0.29) is 0 Å². The third kappa shape index (κ3) is 1.91. The lowest BCUT2D eigenvalue weighted by atomic mass is 9.97. The molecule has 2 heterocycles. The topological polar surface area (TPSA) is 27.8 Å². The zero-order valence-corrected chi connectivity index (χ0v) is 11.5. The standard InChI is InChI=1S/C14H17BrN2/c1-9(11-7-4-8-16-11)14-13(15)10-5-2-3-6-12(10)17-14/h2-3,5-6,9,11,16-17H,4,7-8H2,1H3. The second-order valence-electron chi connectivity index (χ2n) is 4.89. The molecular weight excluding hydrogens is 276 g/mol. The fraction of sp³-hybridized carbons (Fsp3) is 0.429. The Morgan fingerprint density at radius 2 is 2.18 bits per heavy atom. The monoisotopic (exact) mass is 292 g/mol. The van der Waals surface area contributed by atoms with Crippen molar-refractivity contribution in [2.24, 2.45) is 0 Å². The van der Waals surface area contributed by atoms with E-state index < -0.39 is 0 Å². The summed E-state index contributed by atoms with van der Waals surface area (Å²) < 4.78 is 1.23. The summed E-state index contributed by atoms with van der Waals surface area (Å²) in [5.41, 5.74) is 2.55. The van der Waals surface area contributed by atoms with Gasteiger partial charge in [-0.05, 0) is 41.4 Å². The lowest BCUT2D eigenvalue weighted by Crippen LogP contribution is -2.27. The van der Waals surface area contributed by atoms with E-state index in [1.807, 2.05) is 0 Å². The number of halogens is 1. The predicted molar refractivity (Wildman–Crippen MR) is 75.4 cm³/mol. The molecule has 2 nitrogen and oxygen atoms in total. The van der Waals surface area contributed by atoms with Gasteiger partial charge in [0.2, 0.25) is 0 Å². The summed E-state index contributed by atoms with van der Waals surface area (Å²) in [6.45, 7) is 3.46. The molecule has 0 radical (unpaired) electrons. The molecule has 0 aliphatic carbocycles. The van der Waals surface area contributed by atoms with Gasteiger partial charge in [0, 0.05) is 33.0 Å². The van der Waals surface area contributed by atoms with Crippen LogP contribution in [-0.4, -0.2) is 17.6 Å². The SMILES string of the molecule is CC(c1[nH]c2ccccc2c1Br)C1CCCN1. The highest BCUT2D eigenvalue weighted by Gasteiger charge is 2.25. The van der Waals surface area contributed by atoms with Crippen molar-refractivity contribution in [3.63, 3.8) is 0 Å². The van der Waals surface area contributed by atoms with Crippen LogP contribution in [0.2, 0.25) is 0 Å². The molecular formula is C14H17BrN2. The largest absolute Gasteiger partial charge is 0.357 e. The van der Waals surface area contributed by atoms with E-state index >= 15 is 0 Å². The fourth-order valence-electron chi connectivity index (χ4n) is 2.78. The number of H-pyrrole nitrogens is 1. The number of rotatable bonds is 2. The van der Waals surface area contributed by atoms with Gasteiger partial charge in [-0.3, -0.25) is 0 Å². The maximum absolute atomic E-state index is 3.74. The van der Waals surface area contributed by atoms with Crippen LogP contribution >= 0.6 is 15.9 Å². The molecule has 2 atom stereocenters. The second-order valence-corrected chi connectivity index (χ2v) is 5.68. The molecule has 1 saturated heterocycles. The first-order valence-corrected chi connectivity index (χ1v) is 7.06. The van der Waals surface area contributed by atoms with Crippen LogP contribution in [0.15, 0.2) is 28.7 Å². The van der Waals surface area contributed by atoms with E-state index in [9.17, 15) is 0 Å². The molecule has 1 aromatic carbocycles. The van der Waals surface area contributed by atoms with E-state index in [2.05, 4.69) is 57.4 Å². The Morgan fingerprint density at radius 3 is 2.88 bits per heavy atom. The number of aromatic amines is 1. The van der Waals surface area contributed by atoms with Crippen LogP contribution in [0.4, 0.5) is 0 Å². The highest BCUT2D eigenvalue weighted by atomic mass is 79.9. The first-order valence-electron chi connectivity index (χ1n) is 6.27. The van der Waals surface area contributed by atoms with Crippen molar-refractivity contribution in [3.8, 4) is 0 Å². The molecule has 2 unspecified atom stereocenters. The van der Waals surface area contributed by atoms with Gasteiger partial charge in [-0.15, -0.1) is 0 Å². The number of hydrogen-bond donors (Lipinski definition) is 2. The highest BCUT2D eigenvalue weighted by molar-refractivity contribution is 9.10. The van der Waals surface area contributed by atoms with Crippen molar-refractivity contribution in [3.05, 3.63) is 34.4 Å². The first kappa shape index (κ1) is 11.3. The third-order valence-corrected chi connectivity index (χ3v) is 4.68. The van der Waals surface area contributed by atoms with E-state index in [0.29, 0.717) is 12.0 Å². The predicted octanol–water partition coefficient (Wildman–Crippen LogP) is 3.79. The smallest absolute Gasteiger partial charge is 0.0467 e. The first-order chi connectivity index (χ1) is 8.27. The van der Waals surface area contributed by atoms with Gasteiger partial charge in [-0.1, -0.05) is 25.1 Å². The summed E-state index contributed by atoms with van der Waals surface area (Å²) in [6.07, 6.45) is 2.58. The molecule has 17 heavy (non-hydrogen) atoms. The molecule has 0 amide bonds. The Balaban J connectivity index is 2.01. The number of para-hydroxylation sites is 1. The van der Waals surface area contributed by atoms with Gasteiger partial charge in [0.25, 0.3) is 0 Å². The number of nitrogens with one attached hydrogen (secondary N) is 2.